The molecule has 0 spiro atoms. The van der Waals surface area contributed by atoms with Crippen LogP contribution in [0.5, 0.6) is 0 Å². The first-order chi connectivity index (χ1) is 27.8. The third-order valence-corrected chi connectivity index (χ3v) is 11.3. The van der Waals surface area contributed by atoms with Gasteiger partial charge in [0.1, 0.15) is 0 Å². The third kappa shape index (κ3) is 5.19. The molecule has 0 aliphatic carbocycles. The zero-order chi connectivity index (χ0) is 37.0. The van der Waals surface area contributed by atoms with Crippen LogP contribution >= 0.6 is 0 Å². The summed E-state index contributed by atoms with van der Waals surface area (Å²) in [6, 6.07) is 79.4. The Morgan fingerprint density at radius 1 is 0.232 bits per heavy atom. The van der Waals surface area contributed by atoms with Crippen LogP contribution in [0.1, 0.15) is 0 Å². The quantitative estimate of drug-likeness (QED) is 0.162. The van der Waals surface area contributed by atoms with Gasteiger partial charge in [-0.2, -0.15) is 0 Å². The van der Waals surface area contributed by atoms with Crippen LogP contribution in [0, 0.1) is 0 Å². The van der Waals surface area contributed by atoms with E-state index in [0.717, 1.165) is 5.69 Å². The van der Waals surface area contributed by atoms with Gasteiger partial charge < -0.3 is 9.13 Å². The molecule has 11 aromatic rings. The monoisotopic (exact) mass is 712 g/mol. The fourth-order valence-electron chi connectivity index (χ4n) is 8.76. The van der Waals surface area contributed by atoms with Crippen LogP contribution in [0.2, 0.25) is 0 Å². The molecule has 2 heterocycles. The van der Waals surface area contributed by atoms with Crippen molar-refractivity contribution in [2.24, 2.45) is 0 Å². The summed E-state index contributed by atoms with van der Waals surface area (Å²) in [6.45, 7) is 0. The van der Waals surface area contributed by atoms with Crippen molar-refractivity contribution in [1.82, 2.24) is 9.13 Å². The van der Waals surface area contributed by atoms with Gasteiger partial charge in [-0.25, -0.2) is 0 Å². The molecule has 9 aromatic carbocycles. The van der Waals surface area contributed by atoms with Crippen molar-refractivity contribution in [1.29, 1.82) is 0 Å². The Morgan fingerprint density at radius 2 is 0.661 bits per heavy atom. The maximum absolute atomic E-state index is 2.47. The summed E-state index contributed by atoms with van der Waals surface area (Å²) in [5.74, 6) is 0. The third-order valence-electron chi connectivity index (χ3n) is 11.3. The van der Waals surface area contributed by atoms with E-state index in [-0.39, 0.29) is 0 Å². The van der Waals surface area contributed by atoms with Crippen molar-refractivity contribution < 1.29 is 0 Å². The zero-order valence-corrected chi connectivity index (χ0v) is 30.7. The topological polar surface area (TPSA) is 9.86 Å². The Kier molecular flexibility index (Phi) is 7.53. The standard InChI is InChI=1S/C54H36N2/c1-4-16-37(17-5-1)39-28-31-53-48(34-39)49-35-40(38-18-6-2-7-19-38)29-32-54(49)56(53)51-27-15-12-24-45(51)44-23-11-10-22-43(44)41-30-33-52-47(36-41)46-25-13-14-26-50(46)55(52)42-20-8-3-9-21-42/h1-36H. The van der Waals surface area contributed by atoms with E-state index in [0.29, 0.717) is 0 Å². The predicted octanol–water partition coefficient (Wildman–Crippen LogP) is 14.5. The van der Waals surface area contributed by atoms with Crippen LogP contribution in [0.3, 0.4) is 0 Å². The van der Waals surface area contributed by atoms with E-state index in [1.165, 1.54) is 93.8 Å². The average molecular weight is 713 g/mol. The molecule has 0 N–H and O–H groups in total. The Hall–Kier alpha value is -7.42. The largest absolute Gasteiger partial charge is 0.309 e. The summed E-state index contributed by atoms with van der Waals surface area (Å²) in [6.07, 6.45) is 0. The molecule has 0 saturated carbocycles. The van der Waals surface area contributed by atoms with Gasteiger partial charge in [-0.3, -0.25) is 0 Å². The maximum atomic E-state index is 2.47. The van der Waals surface area contributed by atoms with E-state index in [2.05, 4.69) is 228 Å². The molecular weight excluding hydrogens is 677 g/mol. The van der Waals surface area contributed by atoms with Gasteiger partial charge in [0, 0.05) is 32.8 Å². The molecule has 0 amide bonds. The minimum atomic E-state index is 1.15. The van der Waals surface area contributed by atoms with Crippen molar-refractivity contribution in [2.45, 2.75) is 0 Å². The van der Waals surface area contributed by atoms with Crippen LogP contribution in [0.15, 0.2) is 218 Å². The molecule has 0 bridgehead atoms. The van der Waals surface area contributed by atoms with E-state index < -0.39 is 0 Å². The second-order valence-electron chi connectivity index (χ2n) is 14.5. The zero-order valence-electron chi connectivity index (χ0n) is 30.7. The number of fused-ring (bicyclic) bond motifs is 6. The number of hydrogen-bond acceptors (Lipinski definition) is 0. The van der Waals surface area contributed by atoms with Gasteiger partial charge in [0.15, 0.2) is 0 Å². The van der Waals surface area contributed by atoms with E-state index in [4.69, 9.17) is 0 Å². The second-order valence-corrected chi connectivity index (χ2v) is 14.5. The molecular formula is C54H36N2. The lowest BCUT2D eigenvalue weighted by Crippen LogP contribution is -1.98. The van der Waals surface area contributed by atoms with Crippen LogP contribution in [0.25, 0.3) is 99.5 Å². The fraction of sp³-hybridized carbons (Fsp3) is 0. The first-order valence-corrected chi connectivity index (χ1v) is 19.3. The minimum absolute atomic E-state index is 1.15. The molecule has 2 heteroatoms. The summed E-state index contributed by atoms with van der Waals surface area (Å²) < 4.78 is 4.85. The lowest BCUT2D eigenvalue weighted by atomic mass is 9.92. The summed E-state index contributed by atoms with van der Waals surface area (Å²) in [4.78, 5) is 0. The number of hydrogen-bond donors (Lipinski definition) is 0. The lowest BCUT2D eigenvalue weighted by Gasteiger charge is -2.17. The summed E-state index contributed by atoms with van der Waals surface area (Å²) in [5.41, 5.74) is 16.7. The first-order valence-electron chi connectivity index (χ1n) is 19.3. The van der Waals surface area contributed by atoms with Gasteiger partial charge in [-0.1, -0.05) is 158 Å². The first kappa shape index (κ1) is 32.0. The van der Waals surface area contributed by atoms with Gasteiger partial charge in [0.05, 0.1) is 27.8 Å². The number of para-hydroxylation sites is 3. The predicted molar refractivity (Wildman–Crippen MR) is 237 cm³/mol. The molecule has 0 aliphatic rings. The molecule has 2 nitrogen and oxygen atoms in total. The van der Waals surface area contributed by atoms with Gasteiger partial charge in [0.2, 0.25) is 0 Å². The van der Waals surface area contributed by atoms with Crippen molar-refractivity contribution in [3.05, 3.63) is 218 Å². The Labute approximate surface area is 325 Å². The molecule has 0 radical (unpaired) electrons. The number of nitrogens with zero attached hydrogens (tertiary/aromatic N) is 2. The highest BCUT2D eigenvalue weighted by Crippen LogP contribution is 2.43. The molecule has 0 aliphatic heterocycles. The van der Waals surface area contributed by atoms with Crippen molar-refractivity contribution in [3.8, 4) is 55.9 Å². The van der Waals surface area contributed by atoms with Gasteiger partial charge in [-0.05, 0) is 99.6 Å². The molecule has 56 heavy (non-hydrogen) atoms. The number of rotatable bonds is 6. The van der Waals surface area contributed by atoms with Crippen molar-refractivity contribution in [2.75, 3.05) is 0 Å². The molecule has 0 unspecified atom stereocenters. The molecule has 0 fully saturated rings. The smallest absolute Gasteiger partial charge is 0.0541 e. The molecule has 262 valence electrons. The van der Waals surface area contributed by atoms with E-state index in [1.807, 2.05) is 0 Å². The Morgan fingerprint density at radius 3 is 1.30 bits per heavy atom. The number of aromatic nitrogens is 2. The Balaban J connectivity index is 1.12. The lowest BCUT2D eigenvalue weighted by molar-refractivity contribution is 1.18. The van der Waals surface area contributed by atoms with Crippen molar-refractivity contribution >= 4 is 43.6 Å². The summed E-state index contributed by atoms with van der Waals surface area (Å²) >= 11 is 0. The van der Waals surface area contributed by atoms with Crippen LogP contribution in [0.4, 0.5) is 0 Å². The van der Waals surface area contributed by atoms with Gasteiger partial charge >= 0.3 is 0 Å². The van der Waals surface area contributed by atoms with Gasteiger partial charge in [-0.15, -0.1) is 0 Å². The highest BCUT2D eigenvalue weighted by molar-refractivity contribution is 6.13. The minimum Gasteiger partial charge on any atom is -0.309 e. The van der Waals surface area contributed by atoms with Gasteiger partial charge in [0.25, 0.3) is 0 Å². The highest BCUT2D eigenvalue weighted by atomic mass is 15.0. The maximum Gasteiger partial charge on any atom is 0.0541 e. The normalized spacial score (nSPS) is 11.6. The molecule has 2 aromatic heterocycles. The summed E-state index contributed by atoms with van der Waals surface area (Å²) in [5, 5.41) is 4.97. The van der Waals surface area contributed by atoms with Crippen LogP contribution < -0.4 is 0 Å². The van der Waals surface area contributed by atoms with E-state index in [1.54, 1.807) is 0 Å². The average Bonchev–Trinajstić information content (AvgIpc) is 3.79. The second kappa shape index (κ2) is 13.2. The molecule has 0 atom stereocenters. The van der Waals surface area contributed by atoms with E-state index >= 15 is 0 Å². The van der Waals surface area contributed by atoms with Crippen LogP contribution in [-0.4, -0.2) is 9.13 Å². The SMILES string of the molecule is c1ccc(-c2ccc3c(c2)c2cc(-c4ccccc4)ccc2n3-c2ccccc2-c2ccccc2-c2ccc3c(c2)c2ccccc2n3-c2ccccc2)cc1. The number of benzene rings is 9. The van der Waals surface area contributed by atoms with Crippen molar-refractivity contribution in [3.63, 3.8) is 0 Å². The van der Waals surface area contributed by atoms with E-state index in [9.17, 15) is 0 Å². The Bertz CT molecular complexity index is 3130. The molecule has 11 rings (SSSR count). The van der Waals surface area contributed by atoms with Crippen LogP contribution in [-0.2, 0) is 0 Å². The highest BCUT2D eigenvalue weighted by Gasteiger charge is 2.20. The molecule has 0 saturated heterocycles. The fourth-order valence-corrected chi connectivity index (χ4v) is 8.76. The summed E-state index contributed by atoms with van der Waals surface area (Å²) in [7, 11) is 0.